The summed E-state index contributed by atoms with van der Waals surface area (Å²) in [6, 6.07) is 4.79. The minimum Gasteiger partial charge on any atom is -0.354 e. The highest BCUT2D eigenvalue weighted by atomic mass is 19.4. The molecule has 6 nitrogen and oxygen atoms in total. The first-order valence-corrected chi connectivity index (χ1v) is 8.95. The fourth-order valence-electron chi connectivity index (χ4n) is 2.88. The molecule has 146 valence electrons. The van der Waals surface area contributed by atoms with Crippen molar-refractivity contribution in [3.8, 4) is 11.4 Å². The summed E-state index contributed by atoms with van der Waals surface area (Å²) in [4.78, 5) is 24.2. The van der Waals surface area contributed by atoms with Crippen LogP contribution in [0.4, 0.5) is 13.2 Å². The predicted molar refractivity (Wildman–Crippen MR) is 93.1 cm³/mol. The molecule has 1 amide bonds. The van der Waals surface area contributed by atoms with Gasteiger partial charge in [-0.1, -0.05) is 19.1 Å². The Morgan fingerprint density at radius 2 is 2.07 bits per heavy atom. The second-order valence-electron chi connectivity index (χ2n) is 6.61. The number of carbonyl (C=O) groups excluding carboxylic acids is 1. The maximum Gasteiger partial charge on any atom is 0.416 e. The molecule has 1 aromatic carbocycles. The molecule has 3 rings (SSSR count). The number of nitrogens with zero attached hydrogens (tertiary/aromatic N) is 3. The molecule has 0 spiro atoms. The third-order valence-electron chi connectivity index (χ3n) is 4.35. The SMILES string of the molecule is CCCC(=O)NCCn1nc(-c2cccc(C(F)(F)F)c2)n(C2CC2)c1=O. The van der Waals surface area contributed by atoms with Gasteiger partial charge in [0.25, 0.3) is 0 Å². The maximum atomic E-state index is 13.0. The third kappa shape index (κ3) is 4.40. The molecule has 1 aromatic heterocycles. The second kappa shape index (κ2) is 7.58. The summed E-state index contributed by atoms with van der Waals surface area (Å²) < 4.78 is 41.7. The fourth-order valence-corrected chi connectivity index (χ4v) is 2.88. The van der Waals surface area contributed by atoms with Crippen LogP contribution in [0.2, 0.25) is 0 Å². The van der Waals surface area contributed by atoms with Crippen LogP contribution in [-0.4, -0.2) is 26.8 Å². The molecule has 9 heteroatoms. The lowest BCUT2D eigenvalue weighted by molar-refractivity contribution is -0.137. The molecule has 0 radical (unpaired) electrons. The van der Waals surface area contributed by atoms with E-state index in [0.717, 1.165) is 31.4 Å². The average Bonchev–Trinajstić information content (AvgIpc) is 3.39. The number of rotatable bonds is 7. The van der Waals surface area contributed by atoms with Crippen molar-refractivity contribution in [2.75, 3.05) is 6.54 Å². The van der Waals surface area contributed by atoms with E-state index in [9.17, 15) is 22.8 Å². The molecule has 0 aliphatic heterocycles. The standard InChI is InChI=1S/C18H21F3N4O2/c1-2-4-15(26)22-9-10-24-17(27)25(14-7-8-14)16(23-24)12-5-3-6-13(11-12)18(19,20)21/h3,5-6,11,14H,2,4,7-10H2,1H3,(H,22,26). The first-order chi connectivity index (χ1) is 12.8. The van der Waals surface area contributed by atoms with Crippen LogP contribution in [0, 0.1) is 0 Å². The van der Waals surface area contributed by atoms with Gasteiger partial charge in [-0.15, -0.1) is 5.10 Å². The zero-order valence-corrected chi connectivity index (χ0v) is 14.9. The molecular weight excluding hydrogens is 361 g/mol. The molecule has 0 bridgehead atoms. The van der Waals surface area contributed by atoms with E-state index in [-0.39, 0.29) is 42.1 Å². The van der Waals surface area contributed by atoms with Crippen molar-refractivity contribution in [3.05, 3.63) is 40.3 Å². The Bertz CT molecular complexity index is 881. The van der Waals surface area contributed by atoms with Crippen molar-refractivity contribution in [3.63, 3.8) is 0 Å². The van der Waals surface area contributed by atoms with Gasteiger partial charge in [0, 0.05) is 24.6 Å². The molecule has 0 saturated heterocycles. The number of nitrogens with one attached hydrogen (secondary N) is 1. The van der Waals surface area contributed by atoms with Crippen LogP contribution >= 0.6 is 0 Å². The van der Waals surface area contributed by atoms with Gasteiger partial charge in [-0.2, -0.15) is 13.2 Å². The molecule has 1 saturated carbocycles. The van der Waals surface area contributed by atoms with Gasteiger partial charge in [0.15, 0.2) is 5.82 Å². The van der Waals surface area contributed by atoms with Gasteiger partial charge in [0.05, 0.1) is 12.1 Å². The lowest BCUT2D eigenvalue weighted by Crippen LogP contribution is -2.32. The highest BCUT2D eigenvalue weighted by Crippen LogP contribution is 2.37. The van der Waals surface area contributed by atoms with E-state index in [0.29, 0.717) is 6.42 Å². The number of alkyl halides is 3. The first-order valence-electron chi connectivity index (χ1n) is 8.95. The topological polar surface area (TPSA) is 68.9 Å². The van der Waals surface area contributed by atoms with Gasteiger partial charge in [0.1, 0.15) is 0 Å². The minimum absolute atomic E-state index is 0.0366. The highest BCUT2D eigenvalue weighted by molar-refractivity contribution is 5.75. The van der Waals surface area contributed by atoms with Crippen molar-refractivity contribution < 1.29 is 18.0 Å². The smallest absolute Gasteiger partial charge is 0.354 e. The third-order valence-corrected chi connectivity index (χ3v) is 4.35. The van der Waals surface area contributed by atoms with E-state index in [1.54, 1.807) is 0 Å². The normalized spacial score (nSPS) is 14.4. The average molecular weight is 382 g/mol. The van der Waals surface area contributed by atoms with Crippen molar-refractivity contribution in [2.24, 2.45) is 0 Å². The monoisotopic (exact) mass is 382 g/mol. The molecule has 27 heavy (non-hydrogen) atoms. The van der Waals surface area contributed by atoms with Gasteiger partial charge >= 0.3 is 11.9 Å². The summed E-state index contributed by atoms with van der Waals surface area (Å²) in [6.45, 7) is 2.30. The second-order valence-corrected chi connectivity index (χ2v) is 6.61. The first kappa shape index (κ1) is 19.2. The van der Waals surface area contributed by atoms with Crippen LogP contribution in [0.1, 0.15) is 44.2 Å². The van der Waals surface area contributed by atoms with Crippen LogP contribution in [-0.2, 0) is 17.5 Å². The molecular formula is C18H21F3N4O2. The van der Waals surface area contributed by atoms with Gasteiger partial charge in [-0.05, 0) is 31.4 Å². The van der Waals surface area contributed by atoms with Gasteiger partial charge in [-0.3, -0.25) is 9.36 Å². The number of carbonyl (C=O) groups is 1. The Balaban J connectivity index is 1.88. The summed E-state index contributed by atoms with van der Waals surface area (Å²) in [6.07, 6.45) is -1.74. The number of halogens is 3. The van der Waals surface area contributed by atoms with Crippen LogP contribution in [0.3, 0.4) is 0 Å². The fraction of sp³-hybridized carbons (Fsp3) is 0.500. The highest BCUT2D eigenvalue weighted by Gasteiger charge is 2.33. The molecule has 0 atom stereocenters. The maximum absolute atomic E-state index is 13.0. The number of benzene rings is 1. The lowest BCUT2D eigenvalue weighted by atomic mass is 10.1. The van der Waals surface area contributed by atoms with Crippen molar-refractivity contribution in [1.82, 2.24) is 19.7 Å². The zero-order valence-electron chi connectivity index (χ0n) is 14.9. The Kier molecular flexibility index (Phi) is 5.38. The van der Waals surface area contributed by atoms with E-state index >= 15 is 0 Å². The summed E-state index contributed by atoms with van der Waals surface area (Å²) in [5.74, 6) is 0.124. The van der Waals surface area contributed by atoms with E-state index in [1.807, 2.05) is 6.92 Å². The Morgan fingerprint density at radius 3 is 2.70 bits per heavy atom. The van der Waals surface area contributed by atoms with E-state index < -0.39 is 11.7 Å². The predicted octanol–water partition coefficient (Wildman–Crippen LogP) is 2.98. The van der Waals surface area contributed by atoms with Gasteiger partial charge < -0.3 is 5.32 Å². The summed E-state index contributed by atoms with van der Waals surface area (Å²) in [5.41, 5.74) is -0.895. The molecule has 1 aliphatic carbocycles. The minimum atomic E-state index is -4.47. The van der Waals surface area contributed by atoms with Crippen LogP contribution < -0.4 is 11.0 Å². The van der Waals surface area contributed by atoms with Crippen LogP contribution in [0.25, 0.3) is 11.4 Å². The molecule has 1 N–H and O–H groups in total. The Morgan fingerprint density at radius 1 is 1.33 bits per heavy atom. The van der Waals surface area contributed by atoms with Gasteiger partial charge in [0.2, 0.25) is 5.91 Å². The van der Waals surface area contributed by atoms with Crippen molar-refractivity contribution in [1.29, 1.82) is 0 Å². The number of amides is 1. The van der Waals surface area contributed by atoms with Crippen LogP contribution in [0.5, 0.6) is 0 Å². The number of hydrogen-bond donors (Lipinski definition) is 1. The molecule has 2 aromatic rings. The Labute approximate surface area is 154 Å². The lowest BCUT2D eigenvalue weighted by Gasteiger charge is -2.09. The van der Waals surface area contributed by atoms with Crippen molar-refractivity contribution in [2.45, 2.75) is 51.4 Å². The quantitative estimate of drug-likeness (QED) is 0.801. The van der Waals surface area contributed by atoms with E-state index in [1.165, 1.54) is 21.4 Å². The van der Waals surface area contributed by atoms with Gasteiger partial charge in [-0.25, -0.2) is 9.48 Å². The molecule has 1 heterocycles. The van der Waals surface area contributed by atoms with Crippen molar-refractivity contribution >= 4 is 5.91 Å². The summed E-state index contributed by atoms with van der Waals surface area (Å²) in [7, 11) is 0. The summed E-state index contributed by atoms with van der Waals surface area (Å²) >= 11 is 0. The summed E-state index contributed by atoms with van der Waals surface area (Å²) in [5, 5.41) is 6.96. The Hall–Kier alpha value is -2.58. The number of hydrogen-bond acceptors (Lipinski definition) is 3. The zero-order chi connectivity index (χ0) is 19.6. The van der Waals surface area contributed by atoms with E-state index in [2.05, 4.69) is 10.4 Å². The molecule has 1 fully saturated rings. The largest absolute Gasteiger partial charge is 0.416 e. The number of aromatic nitrogens is 3. The molecule has 0 unspecified atom stereocenters. The molecule has 1 aliphatic rings. The van der Waals surface area contributed by atoms with Crippen LogP contribution in [0.15, 0.2) is 29.1 Å². The van der Waals surface area contributed by atoms with E-state index in [4.69, 9.17) is 0 Å².